The Bertz CT molecular complexity index is 446. The lowest BCUT2D eigenvalue weighted by Gasteiger charge is -2.22. The summed E-state index contributed by atoms with van der Waals surface area (Å²) >= 11 is 0. The van der Waals surface area contributed by atoms with Crippen molar-refractivity contribution in [2.75, 3.05) is 25.0 Å². The molecule has 1 aromatic carbocycles. The van der Waals surface area contributed by atoms with E-state index in [1.807, 2.05) is 26.0 Å². The van der Waals surface area contributed by atoms with Crippen LogP contribution in [-0.4, -0.2) is 41.8 Å². The van der Waals surface area contributed by atoms with E-state index in [0.717, 1.165) is 0 Å². The molecule has 0 saturated heterocycles. The smallest absolute Gasteiger partial charge is 0.322 e. The lowest BCUT2D eigenvalue weighted by Crippen LogP contribution is -2.37. The molecule has 20 heavy (non-hydrogen) atoms. The summed E-state index contributed by atoms with van der Waals surface area (Å²) in [5.74, 6) is 0.624. The number of rotatable bonds is 7. The van der Waals surface area contributed by atoms with Crippen molar-refractivity contribution < 1.29 is 14.6 Å². The molecule has 0 aliphatic rings. The number of para-hydroxylation sites is 2. The number of ether oxygens (including phenoxy) is 1. The Hall–Kier alpha value is -2.01. The van der Waals surface area contributed by atoms with Gasteiger partial charge in [0.05, 0.1) is 18.4 Å². The number of benzene rings is 1. The predicted molar refractivity (Wildman–Crippen MR) is 80.1 cm³/mol. The van der Waals surface area contributed by atoms with E-state index < -0.39 is 0 Å². The van der Waals surface area contributed by atoms with Crippen LogP contribution in [0.2, 0.25) is 0 Å². The molecule has 0 aliphatic heterocycles. The molecule has 0 heterocycles. The molecular weight excluding hydrogens is 256 g/mol. The number of hydrogen-bond acceptors (Lipinski definition) is 3. The molecule has 0 fully saturated rings. The third kappa shape index (κ3) is 4.93. The largest absolute Gasteiger partial charge is 0.489 e. The molecule has 2 amide bonds. The van der Waals surface area contributed by atoms with Gasteiger partial charge in [0.25, 0.3) is 0 Å². The number of aliphatic hydroxyl groups is 1. The van der Waals surface area contributed by atoms with Crippen LogP contribution in [0.15, 0.2) is 36.9 Å². The Balaban J connectivity index is 2.80. The Morgan fingerprint density at radius 3 is 2.80 bits per heavy atom. The van der Waals surface area contributed by atoms with Crippen LogP contribution in [0.25, 0.3) is 0 Å². The summed E-state index contributed by atoms with van der Waals surface area (Å²) in [5.41, 5.74) is 0.609. The molecule has 0 radical (unpaired) electrons. The molecule has 0 bridgehead atoms. The van der Waals surface area contributed by atoms with Crippen LogP contribution in [0.5, 0.6) is 5.75 Å². The van der Waals surface area contributed by atoms with E-state index in [2.05, 4.69) is 11.9 Å². The Morgan fingerprint density at radius 2 is 2.20 bits per heavy atom. The molecule has 0 aliphatic carbocycles. The van der Waals surface area contributed by atoms with E-state index in [1.165, 1.54) is 4.90 Å². The molecule has 1 rings (SSSR count). The van der Waals surface area contributed by atoms with Crippen LogP contribution in [0.4, 0.5) is 10.5 Å². The quantitative estimate of drug-likeness (QED) is 0.753. The average Bonchev–Trinajstić information content (AvgIpc) is 2.40. The van der Waals surface area contributed by atoms with Crippen molar-refractivity contribution >= 4 is 11.7 Å². The summed E-state index contributed by atoms with van der Waals surface area (Å²) in [6.45, 7) is 7.99. The fourth-order valence-corrected chi connectivity index (χ4v) is 1.67. The van der Waals surface area contributed by atoms with Gasteiger partial charge in [-0.05, 0) is 26.0 Å². The Morgan fingerprint density at radius 1 is 1.50 bits per heavy atom. The molecule has 0 unspecified atom stereocenters. The second-order valence-electron chi connectivity index (χ2n) is 4.55. The van der Waals surface area contributed by atoms with Crippen LogP contribution in [-0.2, 0) is 0 Å². The zero-order chi connectivity index (χ0) is 15.0. The molecule has 0 spiro atoms. The van der Waals surface area contributed by atoms with Crippen LogP contribution in [0.1, 0.15) is 13.8 Å². The first-order valence-corrected chi connectivity index (χ1v) is 6.61. The van der Waals surface area contributed by atoms with Gasteiger partial charge >= 0.3 is 6.03 Å². The lowest BCUT2D eigenvalue weighted by molar-refractivity contribution is 0.195. The number of carbonyl (C=O) groups is 1. The maximum atomic E-state index is 12.1. The van der Waals surface area contributed by atoms with Crippen molar-refractivity contribution in [2.45, 2.75) is 20.0 Å². The SMILES string of the molecule is C=CCN(CCO)C(=O)Nc1ccccc1OC(C)C. The van der Waals surface area contributed by atoms with Gasteiger partial charge in [0.15, 0.2) is 0 Å². The number of carbonyl (C=O) groups excluding carboxylic acids is 1. The standard InChI is InChI=1S/C15H22N2O3/c1-4-9-17(10-11-18)15(19)16-13-7-5-6-8-14(13)20-12(2)3/h4-8,12,18H,1,9-11H2,2-3H3,(H,16,19). The van der Waals surface area contributed by atoms with Gasteiger partial charge < -0.3 is 20.1 Å². The predicted octanol–water partition coefficient (Wildman–Crippen LogP) is 2.49. The number of amides is 2. The summed E-state index contributed by atoms with van der Waals surface area (Å²) in [4.78, 5) is 13.6. The van der Waals surface area contributed by atoms with E-state index in [9.17, 15) is 4.79 Å². The fraction of sp³-hybridized carbons (Fsp3) is 0.400. The van der Waals surface area contributed by atoms with E-state index >= 15 is 0 Å². The van der Waals surface area contributed by atoms with Crippen molar-refractivity contribution in [3.63, 3.8) is 0 Å². The summed E-state index contributed by atoms with van der Waals surface area (Å²) < 4.78 is 5.64. The van der Waals surface area contributed by atoms with Gasteiger partial charge in [-0.3, -0.25) is 0 Å². The number of anilines is 1. The molecule has 0 aromatic heterocycles. The molecule has 5 nitrogen and oxygen atoms in total. The van der Waals surface area contributed by atoms with Crippen LogP contribution in [0, 0.1) is 0 Å². The Kier molecular flexibility index (Phi) is 6.59. The third-order valence-corrected chi connectivity index (χ3v) is 2.50. The highest BCUT2D eigenvalue weighted by Crippen LogP contribution is 2.25. The average molecular weight is 278 g/mol. The molecule has 1 aromatic rings. The lowest BCUT2D eigenvalue weighted by atomic mass is 10.3. The zero-order valence-corrected chi connectivity index (χ0v) is 12.0. The first-order valence-electron chi connectivity index (χ1n) is 6.61. The molecule has 5 heteroatoms. The first-order chi connectivity index (χ1) is 9.58. The molecule has 110 valence electrons. The summed E-state index contributed by atoms with van der Waals surface area (Å²) in [6.07, 6.45) is 1.64. The first kappa shape index (κ1) is 16.0. The van der Waals surface area contributed by atoms with Crippen molar-refractivity contribution in [1.82, 2.24) is 4.90 Å². The van der Waals surface area contributed by atoms with E-state index in [1.54, 1.807) is 18.2 Å². The molecule has 0 atom stereocenters. The minimum atomic E-state index is -0.293. The number of urea groups is 1. The maximum Gasteiger partial charge on any atom is 0.322 e. The van der Waals surface area contributed by atoms with E-state index in [0.29, 0.717) is 18.0 Å². The van der Waals surface area contributed by atoms with Gasteiger partial charge in [-0.15, -0.1) is 6.58 Å². The second-order valence-corrected chi connectivity index (χ2v) is 4.55. The summed E-state index contributed by atoms with van der Waals surface area (Å²) in [7, 11) is 0. The van der Waals surface area contributed by atoms with Gasteiger partial charge in [-0.1, -0.05) is 18.2 Å². The minimum Gasteiger partial charge on any atom is -0.489 e. The molecular formula is C15H22N2O3. The highest BCUT2D eigenvalue weighted by atomic mass is 16.5. The number of hydrogen-bond donors (Lipinski definition) is 2. The van der Waals surface area contributed by atoms with Crippen molar-refractivity contribution in [2.24, 2.45) is 0 Å². The van der Waals surface area contributed by atoms with Crippen molar-refractivity contribution in [3.05, 3.63) is 36.9 Å². The Labute approximate surface area is 119 Å². The van der Waals surface area contributed by atoms with Crippen molar-refractivity contribution in [1.29, 1.82) is 0 Å². The van der Waals surface area contributed by atoms with Gasteiger partial charge in [0.1, 0.15) is 5.75 Å². The van der Waals surface area contributed by atoms with Gasteiger partial charge in [-0.2, -0.15) is 0 Å². The third-order valence-electron chi connectivity index (χ3n) is 2.50. The molecule has 2 N–H and O–H groups in total. The number of nitrogens with one attached hydrogen (secondary N) is 1. The van der Waals surface area contributed by atoms with Gasteiger partial charge in [0.2, 0.25) is 0 Å². The van der Waals surface area contributed by atoms with Crippen LogP contribution < -0.4 is 10.1 Å². The fourth-order valence-electron chi connectivity index (χ4n) is 1.67. The monoisotopic (exact) mass is 278 g/mol. The second kappa shape index (κ2) is 8.22. The van der Waals surface area contributed by atoms with Gasteiger partial charge in [-0.25, -0.2) is 4.79 Å². The highest BCUT2D eigenvalue weighted by molar-refractivity contribution is 5.91. The van der Waals surface area contributed by atoms with Gasteiger partial charge in [0, 0.05) is 13.1 Å². The minimum absolute atomic E-state index is 0.0229. The maximum absolute atomic E-state index is 12.1. The van der Waals surface area contributed by atoms with Crippen LogP contribution in [0.3, 0.4) is 0 Å². The van der Waals surface area contributed by atoms with E-state index in [4.69, 9.17) is 9.84 Å². The zero-order valence-electron chi connectivity index (χ0n) is 12.0. The van der Waals surface area contributed by atoms with Crippen LogP contribution >= 0.6 is 0 Å². The van der Waals surface area contributed by atoms with E-state index in [-0.39, 0.29) is 25.3 Å². The molecule has 0 saturated carbocycles. The topological polar surface area (TPSA) is 61.8 Å². The summed E-state index contributed by atoms with van der Waals surface area (Å²) in [6, 6.07) is 6.97. The number of aliphatic hydroxyl groups excluding tert-OH is 1. The van der Waals surface area contributed by atoms with Crippen molar-refractivity contribution in [3.8, 4) is 5.75 Å². The number of nitrogens with zero attached hydrogens (tertiary/aromatic N) is 1. The highest BCUT2D eigenvalue weighted by Gasteiger charge is 2.14. The summed E-state index contributed by atoms with van der Waals surface area (Å²) in [5, 5.41) is 11.8. The normalized spacial score (nSPS) is 10.2.